The van der Waals surface area contributed by atoms with Gasteiger partial charge in [-0.3, -0.25) is 0 Å². The van der Waals surface area contributed by atoms with E-state index in [9.17, 15) is 4.79 Å². The molecule has 2 N–H and O–H groups in total. The maximum absolute atomic E-state index is 10.8. The van der Waals surface area contributed by atoms with Crippen LogP contribution in [0.2, 0.25) is 0 Å². The van der Waals surface area contributed by atoms with E-state index < -0.39 is 5.97 Å². The number of anilines is 1. The Hall–Kier alpha value is -1.77. The van der Waals surface area contributed by atoms with Crippen molar-refractivity contribution in [2.45, 2.75) is 13.0 Å². The van der Waals surface area contributed by atoms with Gasteiger partial charge in [-0.1, -0.05) is 18.2 Å². The van der Waals surface area contributed by atoms with Gasteiger partial charge in [0, 0.05) is 11.7 Å². The molecule has 1 rings (SSSR count). The van der Waals surface area contributed by atoms with E-state index in [-0.39, 0.29) is 11.6 Å². The van der Waals surface area contributed by atoms with Crippen molar-refractivity contribution in [3.05, 3.63) is 42.5 Å². The summed E-state index contributed by atoms with van der Waals surface area (Å²) < 4.78 is 0. The number of carbonyl (C=O) groups is 1. The summed E-state index contributed by atoms with van der Waals surface area (Å²) in [5.74, 6) is -0.927. The first-order valence-corrected chi connectivity index (χ1v) is 4.36. The number of para-hydroxylation sites is 1. The minimum Gasteiger partial charge on any atom is -0.478 e. The Morgan fingerprint density at radius 2 is 2.21 bits per heavy atom. The molecule has 0 bridgehead atoms. The molecule has 1 aromatic carbocycles. The third-order valence-corrected chi connectivity index (χ3v) is 1.89. The van der Waals surface area contributed by atoms with Crippen molar-refractivity contribution < 1.29 is 9.90 Å². The van der Waals surface area contributed by atoms with E-state index in [1.54, 1.807) is 30.3 Å². The Balaban J connectivity index is 2.95. The Kier molecular flexibility index (Phi) is 3.29. The Morgan fingerprint density at radius 3 is 2.79 bits per heavy atom. The van der Waals surface area contributed by atoms with Gasteiger partial charge in [0.15, 0.2) is 0 Å². The zero-order valence-corrected chi connectivity index (χ0v) is 8.03. The maximum Gasteiger partial charge on any atom is 0.337 e. The number of nitrogens with one attached hydrogen (secondary N) is 1. The molecular weight excluding hydrogens is 178 g/mol. The van der Waals surface area contributed by atoms with Crippen LogP contribution < -0.4 is 5.32 Å². The highest BCUT2D eigenvalue weighted by Crippen LogP contribution is 2.15. The number of hydrogen-bond acceptors (Lipinski definition) is 2. The Labute approximate surface area is 83.1 Å². The van der Waals surface area contributed by atoms with E-state index >= 15 is 0 Å². The maximum atomic E-state index is 10.8. The van der Waals surface area contributed by atoms with Crippen LogP contribution in [-0.2, 0) is 0 Å². The van der Waals surface area contributed by atoms with E-state index in [1.807, 2.05) is 6.92 Å². The lowest BCUT2D eigenvalue weighted by Crippen LogP contribution is -2.14. The Morgan fingerprint density at radius 1 is 1.57 bits per heavy atom. The van der Waals surface area contributed by atoms with Crippen molar-refractivity contribution in [3.63, 3.8) is 0 Å². The summed E-state index contributed by atoms with van der Waals surface area (Å²) in [6, 6.07) is 6.86. The van der Waals surface area contributed by atoms with Crippen LogP contribution >= 0.6 is 0 Å². The highest BCUT2D eigenvalue weighted by Gasteiger charge is 2.09. The summed E-state index contributed by atoms with van der Waals surface area (Å²) in [4.78, 5) is 10.8. The van der Waals surface area contributed by atoms with E-state index in [1.165, 1.54) is 0 Å². The summed E-state index contributed by atoms with van der Waals surface area (Å²) in [5.41, 5.74) is 0.897. The molecule has 0 aliphatic heterocycles. The third-order valence-electron chi connectivity index (χ3n) is 1.89. The molecule has 14 heavy (non-hydrogen) atoms. The normalized spacial score (nSPS) is 11.8. The Bertz CT molecular complexity index is 347. The lowest BCUT2D eigenvalue weighted by Gasteiger charge is -2.12. The topological polar surface area (TPSA) is 49.3 Å². The predicted octanol–water partition coefficient (Wildman–Crippen LogP) is 2.37. The molecule has 0 aliphatic rings. The fraction of sp³-hybridized carbons (Fsp3) is 0.182. The first-order chi connectivity index (χ1) is 6.65. The summed E-state index contributed by atoms with van der Waals surface area (Å²) in [6.45, 7) is 5.53. The minimum absolute atomic E-state index is 0.0514. The van der Waals surface area contributed by atoms with Crippen molar-refractivity contribution >= 4 is 11.7 Å². The van der Waals surface area contributed by atoms with Crippen LogP contribution in [0.5, 0.6) is 0 Å². The number of benzene rings is 1. The zero-order valence-electron chi connectivity index (χ0n) is 8.03. The molecule has 0 aliphatic carbocycles. The molecule has 0 fully saturated rings. The molecule has 0 saturated carbocycles. The molecule has 0 spiro atoms. The largest absolute Gasteiger partial charge is 0.478 e. The van der Waals surface area contributed by atoms with Crippen molar-refractivity contribution in [1.82, 2.24) is 0 Å². The predicted molar refractivity (Wildman–Crippen MR) is 56.7 cm³/mol. The highest BCUT2D eigenvalue weighted by atomic mass is 16.4. The number of aromatic carboxylic acids is 1. The molecule has 0 aromatic heterocycles. The second kappa shape index (κ2) is 4.46. The van der Waals surface area contributed by atoms with Crippen LogP contribution in [0.1, 0.15) is 17.3 Å². The number of hydrogen-bond donors (Lipinski definition) is 2. The van der Waals surface area contributed by atoms with Crippen LogP contribution in [0.25, 0.3) is 0 Å². The van der Waals surface area contributed by atoms with Gasteiger partial charge in [-0.25, -0.2) is 4.79 Å². The minimum atomic E-state index is -0.927. The van der Waals surface area contributed by atoms with Crippen LogP contribution in [0.15, 0.2) is 36.9 Å². The van der Waals surface area contributed by atoms with Gasteiger partial charge in [0.05, 0.1) is 5.56 Å². The molecule has 0 saturated heterocycles. The summed E-state index contributed by atoms with van der Waals surface area (Å²) in [7, 11) is 0. The fourth-order valence-electron chi connectivity index (χ4n) is 1.10. The van der Waals surface area contributed by atoms with Crippen molar-refractivity contribution in [1.29, 1.82) is 0 Å². The summed E-state index contributed by atoms with van der Waals surface area (Å²) >= 11 is 0. The molecular formula is C11H13NO2. The molecule has 3 heteroatoms. The number of carboxylic acids is 1. The van der Waals surface area contributed by atoms with E-state index in [4.69, 9.17) is 5.11 Å². The number of rotatable bonds is 4. The average Bonchev–Trinajstić information content (AvgIpc) is 2.18. The molecule has 1 atom stereocenters. The lowest BCUT2D eigenvalue weighted by molar-refractivity contribution is 0.0698. The molecule has 0 radical (unpaired) electrons. The van der Waals surface area contributed by atoms with Crippen LogP contribution in [0, 0.1) is 0 Å². The second-order valence-electron chi connectivity index (χ2n) is 3.02. The van der Waals surface area contributed by atoms with Gasteiger partial charge in [0.25, 0.3) is 0 Å². The lowest BCUT2D eigenvalue weighted by atomic mass is 10.1. The average molecular weight is 191 g/mol. The smallest absolute Gasteiger partial charge is 0.337 e. The molecule has 1 aromatic rings. The third kappa shape index (κ3) is 2.36. The molecule has 0 amide bonds. The first-order valence-electron chi connectivity index (χ1n) is 4.36. The number of carboxylic acid groups (broad SMARTS) is 1. The van der Waals surface area contributed by atoms with Gasteiger partial charge in [-0.2, -0.15) is 0 Å². The summed E-state index contributed by atoms with van der Waals surface area (Å²) in [5, 5.41) is 11.9. The van der Waals surface area contributed by atoms with Gasteiger partial charge in [0.1, 0.15) is 0 Å². The highest BCUT2D eigenvalue weighted by molar-refractivity contribution is 5.94. The van der Waals surface area contributed by atoms with Gasteiger partial charge in [-0.05, 0) is 19.1 Å². The van der Waals surface area contributed by atoms with Crippen molar-refractivity contribution in [3.8, 4) is 0 Å². The van der Waals surface area contributed by atoms with Crippen molar-refractivity contribution in [2.24, 2.45) is 0 Å². The SMILES string of the molecule is C=C[C@H](C)Nc1ccccc1C(=O)O. The van der Waals surface area contributed by atoms with Crippen LogP contribution in [0.4, 0.5) is 5.69 Å². The van der Waals surface area contributed by atoms with Gasteiger partial charge >= 0.3 is 5.97 Å². The van der Waals surface area contributed by atoms with Gasteiger partial charge < -0.3 is 10.4 Å². The quantitative estimate of drug-likeness (QED) is 0.718. The fourth-order valence-corrected chi connectivity index (χ4v) is 1.10. The van der Waals surface area contributed by atoms with Gasteiger partial charge in [0.2, 0.25) is 0 Å². The van der Waals surface area contributed by atoms with E-state index in [0.29, 0.717) is 5.69 Å². The zero-order chi connectivity index (χ0) is 10.6. The first kappa shape index (κ1) is 10.3. The molecule has 0 unspecified atom stereocenters. The van der Waals surface area contributed by atoms with Crippen LogP contribution in [0.3, 0.4) is 0 Å². The van der Waals surface area contributed by atoms with Gasteiger partial charge in [-0.15, -0.1) is 6.58 Å². The van der Waals surface area contributed by atoms with Crippen LogP contribution in [-0.4, -0.2) is 17.1 Å². The van der Waals surface area contributed by atoms with E-state index in [2.05, 4.69) is 11.9 Å². The molecule has 3 nitrogen and oxygen atoms in total. The second-order valence-corrected chi connectivity index (χ2v) is 3.02. The van der Waals surface area contributed by atoms with Crippen molar-refractivity contribution in [2.75, 3.05) is 5.32 Å². The summed E-state index contributed by atoms with van der Waals surface area (Å²) in [6.07, 6.45) is 1.72. The monoisotopic (exact) mass is 191 g/mol. The molecule has 0 heterocycles. The standard InChI is InChI=1S/C11H13NO2/c1-3-8(2)12-10-7-5-4-6-9(10)11(13)14/h3-8,12H,1H2,2H3,(H,13,14)/t8-/m0/s1. The van der Waals surface area contributed by atoms with E-state index in [0.717, 1.165) is 0 Å². The molecule has 74 valence electrons.